The Balaban J connectivity index is 1.95. The smallest absolute Gasteiger partial charge is 0.0182 e. The summed E-state index contributed by atoms with van der Waals surface area (Å²) in [5.74, 6) is 0. The van der Waals surface area contributed by atoms with Gasteiger partial charge in [0.2, 0.25) is 0 Å². The highest BCUT2D eigenvalue weighted by molar-refractivity contribution is 5.03. The molecule has 2 rings (SSSR count). The highest BCUT2D eigenvalue weighted by Crippen LogP contribution is 2.41. The highest BCUT2D eigenvalue weighted by atomic mass is 15.0. The van der Waals surface area contributed by atoms with E-state index in [4.69, 9.17) is 0 Å². The Kier molecular flexibility index (Phi) is 0.884. The van der Waals surface area contributed by atoms with Crippen LogP contribution in [-0.4, -0.2) is 12.1 Å². The van der Waals surface area contributed by atoms with Gasteiger partial charge < -0.3 is 5.32 Å². The molecular formula is C7H13N. The van der Waals surface area contributed by atoms with Gasteiger partial charge in [-0.3, -0.25) is 0 Å². The van der Waals surface area contributed by atoms with E-state index in [0.29, 0.717) is 5.54 Å². The predicted molar refractivity (Wildman–Crippen MR) is 33.8 cm³/mol. The molecule has 0 aromatic carbocycles. The lowest BCUT2D eigenvalue weighted by molar-refractivity contribution is 0.385. The summed E-state index contributed by atoms with van der Waals surface area (Å²) >= 11 is 0. The number of nitrogens with one attached hydrogen (secondary N) is 1. The maximum atomic E-state index is 3.57. The fourth-order valence-electron chi connectivity index (χ4n) is 1.61. The van der Waals surface area contributed by atoms with Crippen LogP contribution in [0.15, 0.2) is 0 Å². The summed E-state index contributed by atoms with van der Waals surface area (Å²) in [6, 6.07) is 0. The van der Waals surface area contributed by atoms with E-state index in [1.54, 1.807) is 0 Å². The fourth-order valence-corrected chi connectivity index (χ4v) is 1.61. The van der Waals surface area contributed by atoms with E-state index >= 15 is 0 Å². The molecule has 2 fully saturated rings. The molecule has 1 heteroatoms. The maximum absolute atomic E-state index is 3.57. The predicted octanol–water partition coefficient (Wildman–Crippen LogP) is 1.29. The summed E-state index contributed by atoms with van der Waals surface area (Å²) < 4.78 is 0. The molecule has 1 saturated carbocycles. The summed E-state index contributed by atoms with van der Waals surface area (Å²) in [7, 11) is 0. The van der Waals surface area contributed by atoms with Crippen LogP contribution in [0.25, 0.3) is 0 Å². The topological polar surface area (TPSA) is 12.0 Å². The Morgan fingerprint density at radius 3 is 2.25 bits per heavy atom. The van der Waals surface area contributed by atoms with E-state index in [1.807, 2.05) is 0 Å². The third-order valence-corrected chi connectivity index (χ3v) is 2.44. The highest BCUT2D eigenvalue weighted by Gasteiger charge is 2.42. The summed E-state index contributed by atoms with van der Waals surface area (Å²) in [4.78, 5) is 0. The molecule has 1 spiro atoms. The second-order valence-corrected chi connectivity index (χ2v) is 3.16. The zero-order chi connectivity index (χ0) is 5.45. The van der Waals surface area contributed by atoms with Crippen molar-refractivity contribution >= 4 is 0 Å². The molecule has 0 aromatic heterocycles. The van der Waals surface area contributed by atoms with Gasteiger partial charge in [0, 0.05) is 5.54 Å². The van der Waals surface area contributed by atoms with Gasteiger partial charge in [-0.25, -0.2) is 0 Å². The lowest BCUT2D eigenvalue weighted by atomic mass is 10.0. The van der Waals surface area contributed by atoms with Crippen molar-refractivity contribution in [3.8, 4) is 0 Å². The van der Waals surface area contributed by atoms with Gasteiger partial charge in [-0.2, -0.15) is 0 Å². The first kappa shape index (κ1) is 4.80. The molecule has 1 heterocycles. The lowest BCUT2D eigenvalue weighted by Gasteiger charge is -2.22. The SMILES string of the molecule is C1CCC2(CC2)NC1. The van der Waals surface area contributed by atoms with Gasteiger partial charge in [0.1, 0.15) is 0 Å². The number of hydrogen-bond donors (Lipinski definition) is 1. The van der Waals surface area contributed by atoms with E-state index in [1.165, 1.54) is 38.6 Å². The standard InChI is InChI=1S/C7H13N/c1-2-6-8-7(3-1)4-5-7/h8H,1-6H2. The quantitative estimate of drug-likeness (QED) is 0.496. The molecule has 1 N–H and O–H groups in total. The largest absolute Gasteiger partial charge is 0.311 e. The number of hydrogen-bond acceptors (Lipinski definition) is 1. The molecule has 46 valence electrons. The second-order valence-electron chi connectivity index (χ2n) is 3.16. The minimum atomic E-state index is 0.679. The average Bonchev–Trinajstić information content (AvgIpc) is 2.52. The Bertz CT molecular complexity index is 86.6. The zero-order valence-corrected chi connectivity index (χ0v) is 5.24. The van der Waals surface area contributed by atoms with E-state index in [0.717, 1.165) is 0 Å². The molecule has 0 atom stereocenters. The monoisotopic (exact) mass is 111 g/mol. The summed E-state index contributed by atoms with van der Waals surface area (Å²) in [6.07, 6.45) is 7.22. The van der Waals surface area contributed by atoms with Gasteiger partial charge in [-0.05, 0) is 32.2 Å². The van der Waals surface area contributed by atoms with Crippen LogP contribution in [0.3, 0.4) is 0 Å². The Hall–Kier alpha value is -0.0400. The van der Waals surface area contributed by atoms with Crippen LogP contribution in [0.2, 0.25) is 0 Å². The Morgan fingerprint density at radius 1 is 1.00 bits per heavy atom. The third kappa shape index (κ3) is 0.655. The van der Waals surface area contributed by atoms with Crippen molar-refractivity contribution < 1.29 is 0 Å². The van der Waals surface area contributed by atoms with Crippen LogP contribution >= 0.6 is 0 Å². The van der Waals surface area contributed by atoms with E-state index in [2.05, 4.69) is 5.32 Å². The molecular weight excluding hydrogens is 98.1 g/mol. The lowest BCUT2D eigenvalue weighted by Crippen LogP contribution is -2.35. The van der Waals surface area contributed by atoms with E-state index < -0.39 is 0 Å². The average molecular weight is 111 g/mol. The van der Waals surface area contributed by atoms with Gasteiger partial charge >= 0.3 is 0 Å². The van der Waals surface area contributed by atoms with Crippen LogP contribution in [-0.2, 0) is 0 Å². The van der Waals surface area contributed by atoms with Crippen LogP contribution in [0.4, 0.5) is 0 Å². The minimum absolute atomic E-state index is 0.679. The van der Waals surface area contributed by atoms with Crippen molar-refractivity contribution in [2.75, 3.05) is 6.54 Å². The Labute approximate surface area is 50.5 Å². The summed E-state index contributed by atoms with van der Waals surface area (Å²) in [5, 5.41) is 3.57. The first-order valence-electron chi connectivity index (χ1n) is 3.66. The van der Waals surface area contributed by atoms with Crippen molar-refractivity contribution in [1.29, 1.82) is 0 Å². The number of piperidine rings is 1. The first-order chi connectivity index (χ1) is 3.91. The molecule has 8 heavy (non-hydrogen) atoms. The Morgan fingerprint density at radius 2 is 1.88 bits per heavy atom. The fraction of sp³-hybridized carbons (Fsp3) is 1.00. The van der Waals surface area contributed by atoms with Gasteiger partial charge in [-0.1, -0.05) is 6.42 Å². The summed E-state index contributed by atoms with van der Waals surface area (Å²) in [5.41, 5.74) is 0.679. The van der Waals surface area contributed by atoms with Crippen LogP contribution in [0, 0.1) is 0 Å². The van der Waals surface area contributed by atoms with Crippen LogP contribution < -0.4 is 5.32 Å². The van der Waals surface area contributed by atoms with E-state index in [9.17, 15) is 0 Å². The van der Waals surface area contributed by atoms with Gasteiger partial charge in [0.25, 0.3) is 0 Å². The van der Waals surface area contributed by atoms with Gasteiger partial charge in [0.15, 0.2) is 0 Å². The zero-order valence-electron chi connectivity index (χ0n) is 5.24. The number of rotatable bonds is 0. The van der Waals surface area contributed by atoms with Crippen molar-refractivity contribution in [3.05, 3.63) is 0 Å². The minimum Gasteiger partial charge on any atom is -0.311 e. The maximum Gasteiger partial charge on any atom is 0.0182 e. The van der Waals surface area contributed by atoms with Crippen molar-refractivity contribution in [2.24, 2.45) is 0 Å². The van der Waals surface area contributed by atoms with Crippen LogP contribution in [0.1, 0.15) is 32.1 Å². The third-order valence-electron chi connectivity index (χ3n) is 2.44. The van der Waals surface area contributed by atoms with Crippen molar-refractivity contribution in [1.82, 2.24) is 5.32 Å². The molecule has 0 aromatic rings. The molecule has 0 bridgehead atoms. The molecule has 1 saturated heterocycles. The molecule has 2 aliphatic rings. The van der Waals surface area contributed by atoms with Crippen molar-refractivity contribution in [2.45, 2.75) is 37.6 Å². The molecule has 0 amide bonds. The molecule has 1 aliphatic heterocycles. The van der Waals surface area contributed by atoms with Crippen molar-refractivity contribution in [3.63, 3.8) is 0 Å². The van der Waals surface area contributed by atoms with Gasteiger partial charge in [0.05, 0.1) is 0 Å². The van der Waals surface area contributed by atoms with Crippen LogP contribution in [0.5, 0.6) is 0 Å². The summed E-state index contributed by atoms with van der Waals surface area (Å²) in [6.45, 7) is 1.28. The molecule has 0 radical (unpaired) electrons. The molecule has 1 aliphatic carbocycles. The molecule has 0 unspecified atom stereocenters. The normalized spacial score (nSPS) is 33.0. The molecule has 1 nitrogen and oxygen atoms in total. The first-order valence-corrected chi connectivity index (χ1v) is 3.66. The van der Waals surface area contributed by atoms with Gasteiger partial charge in [-0.15, -0.1) is 0 Å². The second kappa shape index (κ2) is 1.47. The van der Waals surface area contributed by atoms with E-state index in [-0.39, 0.29) is 0 Å².